The summed E-state index contributed by atoms with van der Waals surface area (Å²) in [5, 5.41) is 9.40. The second kappa shape index (κ2) is 5.28. The molecule has 0 spiro atoms. The van der Waals surface area contributed by atoms with Crippen molar-refractivity contribution in [2.45, 2.75) is 25.6 Å². The van der Waals surface area contributed by atoms with E-state index in [9.17, 15) is 18.3 Å². The molecule has 0 saturated heterocycles. The molecule has 0 aliphatic heterocycles. The Labute approximate surface area is 104 Å². The molecule has 1 aromatic rings. The van der Waals surface area contributed by atoms with E-state index >= 15 is 0 Å². The van der Waals surface area contributed by atoms with Crippen molar-refractivity contribution in [2.24, 2.45) is 0 Å². The van der Waals surface area contributed by atoms with Crippen LogP contribution in [0.5, 0.6) is 0 Å². The summed E-state index contributed by atoms with van der Waals surface area (Å²) < 4.78 is 38.0. The van der Waals surface area contributed by atoms with Crippen LogP contribution in [0.25, 0.3) is 0 Å². The van der Waals surface area contributed by atoms with Crippen molar-refractivity contribution < 1.29 is 18.3 Å². The summed E-state index contributed by atoms with van der Waals surface area (Å²) in [6.45, 7) is 2.53. The van der Waals surface area contributed by atoms with Gasteiger partial charge in [0.2, 0.25) is 0 Å². The Kier molecular flexibility index (Phi) is 4.20. The molecule has 0 aromatic heterocycles. The molecule has 0 atom stereocenters. The SMILES string of the molecule is CC(C)(O)/C=C(\C#Cc1ccccc1)C(F)(F)F. The summed E-state index contributed by atoms with van der Waals surface area (Å²) in [6, 6.07) is 8.37. The molecule has 1 rings (SSSR count). The third-order valence-electron chi connectivity index (χ3n) is 1.92. The van der Waals surface area contributed by atoms with Crippen LogP contribution < -0.4 is 0 Å². The summed E-state index contributed by atoms with van der Waals surface area (Å²) in [5.41, 5.74) is -2.11. The first-order chi connectivity index (χ1) is 8.18. The van der Waals surface area contributed by atoms with Gasteiger partial charge in [-0.3, -0.25) is 0 Å². The van der Waals surface area contributed by atoms with Gasteiger partial charge >= 0.3 is 6.18 Å². The molecule has 0 fully saturated rings. The van der Waals surface area contributed by atoms with E-state index in [2.05, 4.69) is 11.8 Å². The van der Waals surface area contributed by atoms with Crippen molar-refractivity contribution in [3.05, 3.63) is 47.5 Å². The Hall–Kier alpha value is -1.73. The summed E-state index contributed by atoms with van der Waals surface area (Å²) in [5.74, 6) is 4.48. The standard InChI is InChI=1S/C14H13F3O/c1-13(2,18)10-12(14(15,16)17)9-8-11-6-4-3-5-7-11/h3-7,10,18H,1-2H3/b12-10+. The minimum Gasteiger partial charge on any atom is -0.386 e. The van der Waals surface area contributed by atoms with E-state index in [1.165, 1.54) is 13.8 Å². The topological polar surface area (TPSA) is 20.2 Å². The average Bonchev–Trinajstić information content (AvgIpc) is 2.22. The first-order valence-corrected chi connectivity index (χ1v) is 5.28. The zero-order valence-electron chi connectivity index (χ0n) is 10.0. The number of allylic oxidation sites excluding steroid dienone is 1. The van der Waals surface area contributed by atoms with Crippen molar-refractivity contribution in [1.82, 2.24) is 0 Å². The zero-order valence-corrected chi connectivity index (χ0v) is 10.0. The first-order valence-electron chi connectivity index (χ1n) is 5.28. The molecular weight excluding hydrogens is 241 g/mol. The van der Waals surface area contributed by atoms with Crippen LogP contribution in [0, 0.1) is 11.8 Å². The van der Waals surface area contributed by atoms with Gasteiger partial charge in [-0.1, -0.05) is 30.0 Å². The fraction of sp³-hybridized carbons (Fsp3) is 0.286. The minimum atomic E-state index is -4.57. The Morgan fingerprint density at radius 1 is 1.17 bits per heavy atom. The van der Waals surface area contributed by atoms with Crippen LogP contribution in [0.2, 0.25) is 0 Å². The lowest BCUT2D eigenvalue weighted by molar-refractivity contribution is -0.0886. The van der Waals surface area contributed by atoms with E-state index in [-0.39, 0.29) is 0 Å². The molecule has 4 heteroatoms. The summed E-state index contributed by atoms with van der Waals surface area (Å²) in [6.07, 6.45) is -3.86. The van der Waals surface area contributed by atoms with Crippen LogP contribution >= 0.6 is 0 Å². The fourth-order valence-corrected chi connectivity index (χ4v) is 1.20. The molecule has 0 aliphatic carbocycles. The maximum absolute atomic E-state index is 12.7. The van der Waals surface area contributed by atoms with E-state index in [0.717, 1.165) is 0 Å². The summed E-state index contributed by atoms with van der Waals surface area (Å²) in [7, 11) is 0. The average molecular weight is 254 g/mol. The van der Waals surface area contributed by atoms with Crippen LogP contribution in [0.1, 0.15) is 19.4 Å². The zero-order chi connectivity index (χ0) is 13.8. The minimum absolute atomic E-state index is 0.489. The highest BCUT2D eigenvalue weighted by molar-refractivity contribution is 5.43. The Bertz CT molecular complexity index is 482. The maximum Gasteiger partial charge on any atom is 0.423 e. The molecule has 0 saturated carbocycles. The smallest absolute Gasteiger partial charge is 0.386 e. The summed E-state index contributed by atoms with van der Waals surface area (Å²) >= 11 is 0. The highest BCUT2D eigenvalue weighted by atomic mass is 19.4. The Morgan fingerprint density at radius 2 is 1.72 bits per heavy atom. The van der Waals surface area contributed by atoms with Crippen molar-refractivity contribution in [3.63, 3.8) is 0 Å². The lowest BCUT2D eigenvalue weighted by Crippen LogP contribution is -2.20. The monoisotopic (exact) mass is 254 g/mol. The number of hydrogen-bond donors (Lipinski definition) is 1. The van der Waals surface area contributed by atoms with Gasteiger partial charge in [0.15, 0.2) is 0 Å². The molecule has 0 radical (unpaired) electrons. The molecule has 1 aromatic carbocycles. The van der Waals surface area contributed by atoms with Crippen molar-refractivity contribution in [3.8, 4) is 11.8 Å². The number of hydrogen-bond acceptors (Lipinski definition) is 1. The van der Waals surface area contributed by atoms with E-state index in [1.807, 2.05) is 0 Å². The number of halogens is 3. The molecule has 0 unspecified atom stereocenters. The van der Waals surface area contributed by atoms with Crippen LogP contribution in [0.15, 0.2) is 42.0 Å². The van der Waals surface area contributed by atoms with E-state index in [4.69, 9.17) is 0 Å². The van der Waals surface area contributed by atoms with Crippen molar-refractivity contribution in [1.29, 1.82) is 0 Å². The quantitative estimate of drug-likeness (QED) is 0.762. The molecule has 96 valence electrons. The van der Waals surface area contributed by atoms with Gasteiger partial charge in [0.1, 0.15) is 5.57 Å². The molecule has 18 heavy (non-hydrogen) atoms. The predicted molar refractivity (Wildman–Crippen MR) is 63.8 cm³/mol. The van der Waals surface area contributed by atoms with Gasteiger partial charge in [-0.2, -0.15) is 13.2 Å². The molecule has 1 N–H and O–H groups in total. The van der Waals surface area contributed by atoms with Crippen LogP contribution in [-0.2, 0) is 0 Å². The van der Waals surface area contributed by atoms with Gasteiger partial charge in [0, 0.05) is 5.56 Å². The van der Waals surface area contributed by atoms with Crippen LogP contribution in [-0.4, -0.2) is 16.9 Å². The lowest BCUT2D eigenvalue weighted by atomic mass is 10.0. The van der Waals surface area contributed by atoms with Gasteiger partial charge < -0.3 is 5.11 Å². The van der Waals surface area contributed by atoms with Gasteiger partial charge in [-0.15, -0.1) is 0 Å². The van der Waals surface area contributed by atoms with E-state index in [1.54, 1.807) is 30.3 Å². The second-order valence-electron chi connectivity index (χ2n) is 4.33. The normalized spacial score (nSPS) is 12.9. The fourth-order valence-electron chi connectivity index (χ4n) is 1.20. The van der Waals surface area contributed by atoms with Crippen molar-refractivity contribution >= 4 is 0 Å². The van der Waals surface area contributed by atoms with Crippen LogP contribution in [0.4, 0.5) is 13.2 Å². The molecule has 0 aliphatic rings. The number of alkyl halides is 3. The first kappa shape index (κ1) is 14.3. The number of benzene rings is 1. The van der Waals surface area contributed by atoms with Crippen LogP contribution in [0.3, 0.4) is 0 Å². The van der Waals surface area contributed by atoms with Gasteiger partial charge in [-0.05, 0) is 32.1 Å². The largest absolute Gasteiger partial charge is 0.423 e. The molecule has 1 nitrogen and oxygen atoms in total. The molecule has 0 amide bonds. The lowest BCUT2D eigenvalue weighted by Gasteiger charge is -2.14. The number of rotatable bonds is 1. The highest BCUT2D eigenvalue weighted by Crippen LogP contribution is 2.27. The molecule has 0 bridgehead atoms. The Balaban J connectivity index is 3.10. The maximum atomic E-state index is 12.7. The van der Waals surface area contributed by atoms with Gasteiger partial charge in [0.25, 0.3) is 0 Å². The van der Waals surface area contributed by atoms with E-state index in [0.29, 0.717) is 11.6 Å². The summed E-state index contributed by atoms with van der Waals surface area (Å²) in [4.78, 5) is 0. The highest BCUT2D eigenvalue weighted by Gasteiger charge is 2.34. The number of aliphatic hydroxyl groups is 1. The van der Waals surface area contributed by atoms with E-state index < -0.39 is 17.4 Å². The molecule has 0 heterocycles. The third kappa shape index (κ3) is 5.07. The third-order valence-corrected chi connectivity index (χ3v) is 1.92. The Morgan fingerprint density at radius 3 is 2.17 bits per heavy atom. The molecular formula is C14H13F3O. The van der Waals surface area contributed by atoms with Gasteiger partial charge in [-0.25, -0.2) is 0 Å². The van der Waals surface area contributed by atoms with Gasteiger partial charge in [0.05, 0.1) is 5.60 Å². The van der Waals surface area contributed by atoms with Crippen molar-refractivity contribution in [2.75, 3.05) is 0 Å². The second-order valence-corrected chi connectivity index (χ2v) is 4.33. The predicted octanol–water partition coefficient (Wildman–Crippen LogP) is 3.30.